The van der Waals surface area contributed by atoms with Crippen LogP contribution in [0.3, 0.4) is 0 Å². The number of nitrogens with one attached hydrogen (secondary N) is 3. The van der Waals surface area contributed by atoms with Crippen LogP contribution in [0.1, 0.15) is 122 Å². The van der Waals surface area contributed by atoms with E-state index in [1.807, 2.05) is 6.92 Å². The van der Waals surface area contributed by atoms with E-state index in [1.54, 1.807) is 5.57 Å². The van der Waals surface area contributed by atoms with Crippen LogP contribution >= 0.6 is 0 Å². The monoisotopic (exact) mass is 545 g/mol. The first kappa shape index (κ1) is 26.6. The zero-order valence-corrected chi connectivity index (χ0v) is 26.1. The Morgan fingerprint density at radius 1 is 0.925 bits per heavy atom. The number of rotatable bonds is 1. The van der Waals surface area contributed by atoms with Gasteiger partial charge in [0.2, 0.25) is 0 Å². The summed E-state index contributed by atoms with van der Waals surface area (Å²) in [5.74, 6) is 2.39. The maximum atomic E-state index is 12.7. The number of nitrogen functional groups attached to an aromatic ring is 1. The highest BCUT2D eigenvalue weighted by atomic mass is 16.1. The molecule has 6 heteroatoms. The molecule has 5 aliphatic carbocycles. The highest BCUT2D eigenvalue weighted by molar-refractivity contribution is 5.49. The van der Waals surface area contributed by atoms with Crippen molar-refractivity contribution in [3.8, 4) is 0 Å². The highest BCUT2D eigenvalue weighted by Crippen LogP contribution is 2.75. The summed E-state index contributed by atoms with van der Waals surface area (Å²) in [4.78, 5) is 12.7. The van der Waals surface area contributed by atoms with Crippen molar-refractivity contribution in [2.45, 2.75) is 124 Å². The molecule has 2 aromatic rings. The Hall–Kier alpha value is -2.24. The van der Waals surface area contributed by atoms with Gasteiger partial charge in [-0.15, -0.1) is 0 Å². The van der Waals surface area contributed by atoms with Gasteiger partial charge in [-0.05, 0) is 104 Å². The second-order valence-electron chi connectivity index (χ2n) is 16.8. The van der Waals surface area contributed by atoms with Gasteiger partial charge in [0, 0.05) is 33.3 Å². The van der Waals surface area contributed by atoms with E-state index < -0.39 is 0 Å². The van der Waals surface area contributed by atoms with Crippen LogP contribution in [0.15, 0.2) is 16.4 Å². The lowest BCUT2D eigenvalue weighted by Gasteiger charge is -2.71. The van der Waals surface area contributed by atoms with E-state index in [4.69, 9.17) is 5.73 Å². The Morgan fingerprint density at radius 2 is 1.65 bits per heavy atom. The minimum atomic E-state index is 0.0291. The second-order valence-corrected chi connectivity index (χ2v) is 16.8. The van der Waals surface area contributed by atoms with Gasteiger partial charge < -0.3 is 10.8 Å². The molecular weight excluding hydrogens is 494 g/mol. The van der Waals surface area contributed by atoms with Crippen molar-refractivity contribution in [2.75, 3.05) is 5.73 Å². The van der Waals surface area contributed by atoms with Gasteiger partial charge in [-0.3, -0.25) is 15.0 Å². The highest BCUT2D eigenvalue weighted by Gasteiger charge is 2.68. The molecule has 0 radical (unpaired) electrons. The molecule has 3 saturated carbocycles. The van der Waals surface area contributed by atoms with Crippen molar-refractivity contribution >= 4 is 5.82 Å². The summed E-state index contributed by atoms with van der Waals surface area (Å²) in [7, 11) is 0. The first-order valence-electron chi connectivity index (χ1n) is 15.9. The van der Waals surface area contributed by atoms with Gasteiger partial charge in [-0.1, -0.05) is 60.1 Å². The molecule has 7 rings (SSSR count). The fourth-order valence-corrected chi connectivity index (χ4v) is 12.1. The number of nitrogens with zero attached hydrogens (tertiary/aromatic N) is 1. The molecule has 0 aliphatic heterocycles. The topological polar surface area (TPSA) is 103 Å². The van der Waals surface area contributed by atoms with Crippen LogP contribution in [-0.4, -0.2) is 20.4 Å². The zero-order valence-electron chi connectivity index (χ0n) is 26.1. The number of allylic oxidation sites excluding steroid dienone is 2. The lowest BCUT2D eigenvalue weighted by molar-refractivity contribution is -0.154. The molecular formula is C34H51N5O. The summed E-state index contributed by atoms with van der Waals surface area (Å²) in [6.45, 7) is 19.7. The van der Waals surface area contributed by atoms with Crippen molar-refractivity contribution in [3.63, 3.8) is 0 Å². The molecule has 40 heavy (non-hydrogen) atoms. The average Bonchev–Trinajstić information content (AvgIpc) is 3.41. The standard InChI is InChI=1S/C34H51N5O/c1-19-25(36-39-28(19)40)34-15-13-29(2,3)18-22(34)21-9-10-24-31(6)17-20-26(37-38-27(20)35)30(4,5)23(31)11-12-33(24,8)32(21,7)14-16-34/h9,22-24H,10-18H2,1-8H3,(H3,35,37,38)(H2,36,39,40)/t22?,23?,24?,31-,32+,33+,34-/m0/s1. The summed E-state index contributed by atoms with van der Waals surface area (Å²) in [6, 6.07) is 0. The number of hydrogen-bond acceptors (Lipinski definition) is 3. The molecule has 5 N–H and O–H groups in total. The van der Waals surface area contributed by atoms with E-state index in [-0.39, 0.29) is 32.6 Å². The fourth-order valence-electron chi connectivity index (χ4n) is 12.1. The van der Waals surface area contributed by atoms with Crippen LogP contribution in [0.4, 0.5) is 5.82 Å². The third kappa shape index (κ3) is 3.01. The van der Waals surface area contributed by atoms with Crippen molar-refractivity contribution in [2.24, 2.45) is 39.4 Å². The quantitative estimate of drug-likeness (QED) is 0.288. The van der Waals surface area contributed by atoms with Gasteiger partial charge in [-0.25, -0.2) is 0 Å². The van der Waals surface area contributed by atoms with Crippen LogP contribution in [0, 0.1) is 46.3 Å². The Bertz CT molecular complexity index is 1470. The third-order valence-corrected chi connectivity index (χ3v) is 14.4. The lowest BCUT2D eigenvalue weighted by Crippen LogP contribution is -2.64. The maximum Gasteiger partial charge on any atom is 0.267 e. The van der Waals surface area contributed by atoms with Gasteiger partial charge in [0.15, 0.2) is 0 Å². The van der Waals surface area contributed by atoms with E-state index >= 15 is 0 Å². The van der Waals surface area contributed by atoms with Crippen LogP contribution < -0.4 is 11.3 Å². The average molecular weight is 546 g/mol. The normalized spacial score (nSPS) is 43.0. The van der Waals surface area contributed by atoms with Crippen molar-refractivity contribution in [1.82, 2.24) is 20.4 Å². The maximum absolute atomic E-state index is 12.7. The summed E-state index contributed by atoms with van der Waals surface area (Å²) in [6.07, 6.45) is 13.3. The summed E-state index contributed by atoms with van der Waals surface area (Å²) >= 11 is 0. The molecule has 0 aromatic carbocycles. The molecule has 7 atom stereocenters. The molecule has 2 heterocycles. The summed E-state index contributed by atoms with van der Waals surface area (Å²) in [5, 5.41) is 14.2. The molecule has 3 fully saturated rings. The lowest BCUT2D eigenvalue weighted by atomic mass is 9.33. The predicted molar refractivity (Wildman–Crippen MR) is 161 cm³/mol. The van der Waals surface area contributed by atoms with E-state index in [2.05, 4.69) is 74.9 Å². The van der Waals surface area contributed by atoms with Crippen molar-refractivity contribution < 1.29 is 0 Å². The molecule has 0 bridgehead atoms. The molecule has 218 valence electrons. The first-order chi connectivity index (χ1) is 18.6. The number of fused-ring (bicyclic) bond motifs is 8. The Kier molecular flexibility index (Phi) is 5.18. The van der Waals surface area contributed by atoms with Gasteiger partial charge in [0.25, 0.3) is 5.56 Å². The van der Waals surface area contributed by atoms with E-state index in [1.165, 1.54) is 49.1 Å². The molecule has 2 aromatic heterocycles. The summed E-state index contributed by atoms with van der Waals surface area (Å²) < 4.78 is 0. The molecule has 3 unspecified atom stereocenters. The minimum Gasteiger partial charge on any atom is -0.382 e. The SMILES string of the molecule is Cc1c([C@]23CCC(C)(C)CC2C2=CCC4[C@@]5(C)Cc6c(N)n[nH]c6C(C)(C)C5CC[C@@]4(C)[C@]2(C)CC3)[nH][nH]c1=O. The molecule has 0 amide bonds. The number of H-pyrrole nitrogens is 3. The van der Waals surface area contributed by atoms with E-state index in [9.17, 15) is 4.79 Å². The fraction of sp³-hybridized carbons (Fsp3) is 0.765. The molecule has 0 spiro atoms. The largest absolute Gasteiger partial charge is 0.382 e. The van der Waals surface area contributed by atoms with E-state index in [0.717, 1.165) is 31.2 Å². The summed E-state index contributed by atoms with van der Waals surface area (Å²) in [5.41, 5.74) is 13.8. The Morgan fingerprint density at radius 3 is 2.35 bits per heavy atom. The minimum absolute atomic E-state index is 0.0291. The molecule has 6 nitrogen and oxygen atoms in total. The zero-order chi connectivity index (χ0) is 28.7. The van der Waals surface area contributed by atoms with Crippen molar-refractivity contribution in [3.05, 3.63) is 44.5 Å². The van der Waals surface area contributed by atoms with Crippen LogP contribution in [0.5, 0.6) is 0 Å². The van der Waals surface area contributed by atoms with Gasteiger partial charge in [-0.2, -0.15) is 5.10 Å². The first-order valence-corrected chi connectivity index (χ1v) is 15.9. The van der Waals surface area contributed by atoms with Gasteiger partial charge in [0.1, 0.15) is 5.82 Å². The molecule has 5 aliphatic rings. The Balaban J connectivity index is 1.36. The van der Waals surface area contributed by atoms with Crippen LogP contribution in [-0.2, 0) is 17.3 Å². The van der Waals surface area contributed by atoms with Crippen LogP contribution in [0.2, 0.25) is 0 Å². The number of nitrogens with two attached hydrogens (primary N) is 1. The van der Waals surface area contributed by atoms with Crippen molar-refractivity contribution in [1.29, 1.82) is 0 Å². The second kappa shape index (κ2) is 7.77. The Labute approximate surface area is 239 Å². The van der Waals surface area contributed by atoms with Crippen LogP contribution in [0.25, 0.3) is 0 Å². The van der Waals surface area contributed by atoms with Gasteiger partial charge >= 0.3 is 0 Å². The number of aromatic nitrogens is 4. The number of anilines is 1. The predicted octanol–water partition coefficient (Wildman–Crippen LogP) is 7.08. The number of aromatic amines is 3. The third-order valence-electron chi connectivity index (χ3n) is 14.4. The molecule has 0 saturated heterocycles. The number of hydrogen-bond donors (Lipinski definition) is 4. The smallest absolute Gasteiger partial charge is 0.267 e. The van der Waals surface area contributed by atoms with Gasteiger partial charge in [0.05, 0.1) is 0 Å². The van der Waals surface area contributed by atoms with E-state index in [0.29, 0.717) is 29.0 Å².